The van der Waals surface area contributed by atoms with Crippen molar-refractivity contribution in [3.8, 4) is 11.5 Å². The Morgan fingerprint density at radius 2 is 1.72 bits per heavy atom. The Hall–Kier alpha value is -3.94. The maximum Gasteiger partial charge on any atom is 0.411 e. The molecule has 3 rings (SSSR count). The van der Waals surface area contributed by atoms with E-state index in [9.17, 15) is 14.0 Å². The number of hydrogen-bond donors (Lipinski definition) is 2. The lowest BCUT2D eigenvalue weighted by atomic mass is 10.2. The molecule has 0 saturated heterocycles. The Balaban J connectivity index is 1.54. The Labute approximate surface area is 166 Å². The summed E-state index contributed by atoms with van der Waals surface area (Å²) in [7, 11) is 1.52. The zero-order valence-electron chi connectivity index (χ0n) is 15.5. The molecule has 2 aromatic carbocycles. The second kappa shape index (κ2) is 9.32. The summed E-state index contributed by atoms with van der Waals surface area (Å²) < 4.78 is 23.7. The Morgan fingerprint density at radius 1 is 1.00 bits per heavy atom. The van der Waals surface area contributed by atoms with Crippen molar-refractivity contribution in [2.24, 2.45) is 0 Å². The number of anilines is 1. The standard InChI is InChI=1S/C21H18FN3O4/c1-23-20(26)19-12-18(10-11-24-19)29-17-8-6-16(7-9-17)25-21(27)28-13-14-2-4-15(22)5-3-14/h2-12H,13H2,1H3,(H,23,26)(H,25,27). The van der Waals surface area contributed by atoms with Crippen molar-refractivity contribution >= 4 is 17.7 Å². The minimum atomic E-state index is -0.632. The number of amides is 2. The molecular weight excluding hydrogens is 377 g/mol. The van der Waals surface area contributed by atoms with Gasteiger partial charge in [-0.3, -0.25) is 15.1 Å². The summed E-state index contributed by atoms with van der Waals surface area (Å²) in [5.41, 5.74) is 1.44. The molecule has 0 radical (unpaired) electrons. The first kappa shape index (κ1) is 19.8. The van der Waals surface area contributed by atoms with Gasteiger partial charge in [-0.25, -0.2) is 9.18 Å². The fourth-order valence-corrected chi connectivity index (χ4v) is 2.35. The van der Waals surface area contributed by atoms with E-state index in [0.717, 1.165) is 0 Å². The zero-order valence-corrected chi connectivity index (χ0v) is 15.5. The van der Waals surface area contributed by atoms with Gasteiger partial charge >= 0.3 is 6.09 Å². The van der Waals surface area contributed by atoms with Gasteiger partial charge in [0.1, 0.15) is 29.6 Å². The highest BCUT2D eigenvalue weighted by atomic mass is 19.1. The molecule has 0 spiro atoms. The summed E-state index contributed by atoms with van der Waals surface area (Å²) in [5.74, 6) is 0.313. The van der Waals surface area contributed by atoms with Crippen LogP contribution in [0.1, 0.15) is 16.1 Å². The maximum atomic E-state index is 12.9. The molecule has 0 aliphatic rings. The van der Waals surface area contributed by atoms with Crippen LogP contribution < -0.4 is 15.4 Å². The van der Waals surface area contributed by atoms with E-state index in [1.165, 1.54) is 31.4 Å². The van der Waals surface area contributed by atoms with E-state index in [-0.39, 0.29) is 24.0 Å². The van der Waals surface area contributed by atoms with Crippen LogP contribution in [-0.4, -0.2) is 24.0 Å². The molecule has 1 heterocycles. The molecule has 0 bridgehead atoms. The molecule has 0 aliphatic heterocycles. The lowest BCUT2D eigenvalue weighted by Gasteiger charge is -2.09. The lowest BCUT2D eigenvalue weighted by Crippen LogP contribution is -2.18. The highest BCUT2D eigenvalue weighted by Crippen LogP contribution is 2.23. The molecule has 0 atom stereocenters. The molecule has 8 heteroatoms. The molecule has 0 unspecified atom stereocenters. The number of carbonyl (C=O) groups excluding carboxylic acids is 2. The normalized spacial score (nSPS) is 10.1. The molecule has 0 fully saturated rings. The first-order valence-electron chi connectivity index (χ1n) is 8.68. The zero-order chi connectivity index (χ0) is 20.6. The molecule has 2 N–H and O–H groups in total. The largest absolute Gasteiger partial charge is 0.457 e. The number of halogens is 1. The van der Waals surface area contributed by atoms with Gasteiger partial charge in [0, 0.05) is 25.0 Å². The third kappa shape index (κ3) is 5.77. The number of aromatic nitrogens is 1. The fourth-order valence-electron chi connectivity index (χ4n) is 2.35. The summed E-state index contributed by atoms with van der Waals surface area (Å²) in [5, 5.41) is 5.09. The average Bonchev–Trinajstić information content (AvgIpc) is 2.74. The molecule has 0 saturated carbocycles. The monoisotopic (exact) mass is 395 g/mol. The van der Waals surface area contributed by atoms with E-state index in [0.29, 0.717) is 22.7 Å². The number of carbonyl (C=O) groups is 2. The summed E-state index contributed by atoms with van der Waals surface area (Å²) >= 11 is 0. The van der Waals surface area contributed by atoms with Crippen molar-refractivity contribution in [1.82, 2.24) is 10.3 Å². The number of hydrogen-bond acceptors (Lipinski definition) is 5. The SMILES string of the molecule is CNC(=O)c1cc(Oc2ccc(NC(=O)OCc3ccc(F)cc3)cc2)ccn1. The van der Waals surface area contributed by atoms with E-state index < -0.39 is 6.09 Å². The average molecular weight is 395 g/mol. The van der Waals surface area contributed by atoms with Gasteiger partial charge in [0.05, 0.1) is 0 Å². The van der Waals surface area contributed by atoms with Crippen LogP contribution in [0.15, 0.2) is 66.9 Å². The predicted octanol–water partition coefficient (Wildman–Crippen LogP) is 4.12. The lowest BCUT2D eigenvalue weighted by molar-refractivity contribution is 0.0957. The summed E-state index contributed by atoms with van der Waals surface area (Å²) in [6.45, 7) is 0.0308. The number of benzene rings is 2. The van der Waals surface area contributed by atoms with Crippen LogP contribution in [0.25, 0.3) is 0 Å². The van der Waals surface area contributed by atoms with Crippen LogP contribution in [0.5, 0.6) is 11.5 Å². The first-order valence-corrected chi connectivity index (χ1v) is 8.68. The summed E-state index contributed by atoms with van der Waals surface area (Å²) in [6.07, 6.45) is 0.847. The highest BCUT2D eigenvalue weighted by Gasteiger charge is 2.08. The topological polar surface area (TPSA) is 89.6 Å². The third-order valence-electron chi connectivity index (χ3n) is 3.81. The van der Waals surface area contributed by atoms with Gasteiger partial charge in [-0.05, 0) is 48.0 Å². The molecule has 29 heavy (non-hydrogen) atoms. The van der Waals surface area contributed by atoms with Crippen LogP contribution in [-0.2, 0) is 11.3 Å². The van der Waals surface area contributed by atoms with Gasteiger partial charge in [0.2, 0.25) is 0 Å². The van der Waals surface area contributed by atoms with Crippen molar-refractivity contribution in [2.45, 2.75) is 6.61 Å². The molecule has 0 aliphatic carbocycles. The highest BCUT2D eigenvalue weighted by molar-refractivity contribution is 5.92. The van der Waals surface area contributed by atoms with Crippen molar-refractivity contribution in [3.63, 3.8) is 0 Å². The van der Waals surface area contributed by atoms with Crippen molar-refractivity contribution in [2.75, 3.05) is 12.4 Å². The van der Waals surface area contributed by atoms with Gasteiger partial charge < -0.3 is 14.8 Å². The van der Waals surface area contributed by atoms with Crippen LogP contribution in [0.2, 0.25) is 0 Å². The third-order valence-corrected chi connectivity index (χ3v) is 3.81. The van der Waals surface area contributed by atoms with Crippen LogP contribution >= 0.6 is 0 Å². The van der Waals surface area contributed by atoms with Gasteiger partial charge in [0.15, 0.2) is 0 Å². The second-order valence-corrected chi connectivity index (χ2v) is 5.91. The van der Waals surface area contributed by atoms with Gasteiger partial charge in [-0.1, -0.05) is 12.1 Å². The van der Waals surface area contributed by atoms with Crippen molar-refractivity contribution in [1.29, 1.82) is 0 Å². The number of rotatable bonds is 6. The Kier molecular flexibility index (Phi) is 6.36. The Bertz CT molecular complexity index is 992. The second-order valence-electron chi connectivity index (χ2n) is 5.91. The molecule has 148 valence electrons. The molecule has 2 amide bonds. The Morgan fingerprint density at radius 3 is 2.41 bits per heavy atom. The van der Waals surface area contributed by atoms with E-state index in [1.54, 1.807) is 42.5 Å². The van der Waals surface area contributed by atoms with Crippen LogP contribution in [0, 0.1) is 5.82 Å². The fraction of sp³-hybridized carbons (Fsp3) is 0.0952. The molecule has 3 aromatic rings. The summed E-state index contributed by atoms with van der Waals surface area (Å²) in [4.78, 5) is 27.5. The molecule has 1 aromatic heterocycles. The van der Waals surface area contributed by atoms with E-state index in [4.69, 9.17) is 9.47 Å². The van der Waals surface area contributed by atoms with E-state index in [1.807, 2.05) is 0 Å². The van der Waals surface area contributed by atoms with Gasteiger partial charge in [0.25, 0.3) is 5.91 Å². The summed E-state index contributed by atoms with van der Waals surface area (Å²) in [6, 6.07) is 15.5. The number of pyridine rings is 1. The first-order chi connectivity index (χ1) is 14.0. The van der Waals surface area contributed by atoms with Crippen LogP contribution in [0.4, 0.5) is 14.9 Å². The number of nitrogens with zero attached hydrogens (tertiary/aromatic N) is 1. The van der Waals surface area contributed by atoms with E-state index in [2.05, 4.69) is 15.6 Å². The minimum Gasteiger partial charge on any atom is -0.457 e. The van der Waals surface area contributed by atoms with Crippen molar-refractivity contribution in [3.05, 3.63) is 83.9 Å². The molecular formula is C21H18FN3O4. The quantitative estimate of drug-likeness (QED) is 0.655. The van der Waals surface area contributed by atoms with Gasteiger partial charge in [-0.15, -0.1) is 0 Å². The number of ether oxygens (including phenoxy) is 2. The molecule has 7 nitrogen and oxygen atoms in total. The maximum absolute atomic E-state index is 12.9. The van der Waals surface area contributed by atoms with E-state index >= 15 is 0 Å². The van der Waals surface area contributed by atoms with Gasteiger partial charge in [-0.2, -0.15) is 0 Å². The van der Waals surface area contributed by atoms with Crippen molar-refractivity contribution < 1.29 is 23.5 Å². The predicted molar refractivity (Wildman–Crippen MR) is 104 cm³/mol. The minimum absolute atomic E-state index is 0.0308. The van der Waals surface area contributed by atoms with Crippen LogP contribution in [0.3, 0.4) is 0 Å². The smallest absolute Gasteiger partial charge is 0.411 e. The number of nitrogens with one attached hydrogen (secondary N) is 2.